The van der Waals surface area contributed by atoms with Crippen LogP contribution >= 0.6 is 0 Å². The van der Waals surface area contributed by atoms with Crippen molar-refractivity contribution in [1.29, 1.82) is 0 Å². The first-order valence-corrected chi connectivity index (χ1v) is 8.51. The SMILES string of the molecule is CC(C)NS(=O)(=O)c1ccc(NCC(=O)NC2CC2)cc1. The van der Waals surface area contributed by atoms with Crippen molar-refractivity contribution in [3.8, 4) is 0 Å². The first-order chi connectivity index (χ1) is 9.87. The number of hydrogen-bond acceptors (Lipinski definition) is 4. The van der Waals surface area contributed by atoms with Gasteiger partial charge in [-0.15, -0.1) is 0 Å². The van der Waals surface area contributed by atoms with Crippen LogP contribution in [0.4, 0.5) is 5.69 Å². The Kier molecular flexibility index (Phi) is 4.84. The van der Waals surface area contributed by atoms with E-state index in [9.17, 15) is 13.2 Å². The van der Waals surface area contributed by atoms with Gasteiger partial charge >= 0.3 is 0 Å². The summed E-state index contributed by atoms with van der Waals surface area (Å²) < 4.78 is 26.4. The van der Waals surface area contributed by atoms with Gasteiger partial charge in [0.2, 0.25) is 15.9 Å². The summed E-state index contributed by atoms with van der Waals surface area (Å²) in [6.07, 6.45) is 2.11. The molecule has 1 amide bonds. The Morgan fingerprint density at radius 1 is 1.24 bits per heavy atom. The van der Waals surface area contributed by atoms with Crippen LogP contribution < -0.4 is 15.4 Å². The van der Waals surface area contributed by atoms with Crippen LogP contribution in [0.1, 0.15) is 26.7 Å². The van der Waals surface area contributed by atoms with Crippen LogP contribution in [0, 0.1) is 0 Å². The van der Waals surface area contributed by atoms with E-state index in [1.807, 2.05) is 0 Å². The van der Waals surface area contributed by atoms with E-state index in [-0.39, 0.29) is 23.4 Å². The lowest BCUT2D eigenvalue weighted by Gasteiger charge is -2.11. The normalized spacial score (nSPS) is 15.0. The number of carbonyl (C=O) groups excluding carboxylic acids is 1. The quantitative estimate of drug-likeness (QED) is 0.703. The summed E-state index contributed by atoms with van der Waals surface area (Å²) >= 11 is 0. The van der Waals surface area contributed by atoms with Gasteiger partial charge in [0.15, 0.2) is 0 Å². The summed E-state index contributed by atoms with van der Waals surface area (Å²) in [6.45, 7) is 3.73. The third-order valence-corrected chi connectivity index (χ3v) is 4.63. The highest BCUT2D eigenvalue weighted by Gasteiger charge is 2.22. The molecule has 1 aliphatic carbocycles. The van der Waals surface area contributed by atoms with Gasteiger partial charge in [-0.05, 0) is 51.0 Å². The van der Waals surface area contributed by atoms with E-state index in [4.69, 9.17) is 0 Å². The molecule has 3 N–H and O–H groups in total. The molecule has 0 unspecified atom stereocenters. The zero-order valence-corrected chi connectivity index (χ0v) is 13.0. The maximum atomic E-state index is 12.0. The molecule has 7 heteroatoms. The topological polar surface area (TPSA) is 87.3 Å². The van der Waals surface area contributed by atoms with Gasteiger partial charge in [-0.3, -0.25) is 4.79 Å². The first-order valence-electron chi connectivity index (χ1n) is 7.02. The fourth-order valence-electron chi connectivity index (χ4n) is 1.82. The van der Waals surface area contributed by atoms with E-state index in [0.717, 1.165) is 12.8 Å². The van der Waals surface area contributed by atoms with Crippen molar-refractivity contribution < 1.29 is 13.2 Å². The van der Waals surface area contributed by atoms with Gasteiger partial charge in [0, 0.05) is 17.8 Å². The van der Waals surface area contributed by atoms with Crippen molar-refractivity contribution in [3.63, 3.8) is 0 Å². The second-order valence-corrected chi connectivity index (χ2v) is 7.21. The molecule has 21 heavy (non-hydrogen) atoms. The van der Waals surface area contributed by atoms with Gasteiger partial charge in [0.25, 0.3) is 0 Å². The molecule has 0 aliphatic heterocycles. The predicted molar refractivity (Wildman–Crippen MR) is 81.6 cm³/mol. The summed E-state index contributed by atoms with van der Waals surface area (Å²) in [5.74, 6) is -0.0457. The molecule has 1 aliphatic rings. The molecule has 1 aromatic rings. The predicted octanol–water partition coefficient (Wildman–Crippen LogP) is 1.06. The monoisotopic (exact) mass is 311 g/mol. The molecule has 1 fully saturated rings. The average Bonchev–Trinajstić information content (AvgIpc) is 3.19. The number of amides is 1. The lowest BCUT2D eigenvalue weighted by atomic mass is 10.3. The minimum Gasteiger partial charge on any atom is -0.376 e. The molecule has 0 atom stereocenters. The third kappa shape index (κ3) is 5.02. The fraction of sp³-hybridized carbons (Fsp3) is 0.500. The second-order valence-electron chi connectivity index (χ2n) is 5.50. The number of nitrogens with one attached hydrogen (secondary N) is 3. The lowest BCUT2D eigenvalue weighted by Crippen LogP contribution is -2.31. The molecule has 0 heterocycles. The molecule has 0 saturated heterocycles. The average molecular weight is 311 g/mol. The van der Waals surface area contributed by atoms with Gasteiger partial charge < -0.3 is 10.6 Å². The summed E-state index contributed by atoms with van der Waals surface area (Å²) in [5, 5.41) is 5.84. The van der Waals surface area contributed by atoms with Crippen LogP contribution in [0.3, 0.4) is 0 Å². The highest BCUT2D eigenvalue weighted by molar-refractivity contribution is 7.89. The van der Waals surface area contributed by atoms with Gasteiger partial charge in [0.1, 0.15) is 0 Å². The Morgan fingerprint density at radius 2 is 1.86 bits per heavy atom. The zero-order chi connectivity index (χ0) is 15.5. The van der Waals surface area contributed by atoms with E-state index < -0.39 is 10.0 Å². The standard InChI is InChI=1S/C14H21N3O3S/c1-10(2)17-21(19,20)13-7-5-11(6-8-13)15-9-14(18)16-12-3-4-12/h5-8,10,12,15,17H,3-4,9H2,1-2H3,(H,16,18). The molecule has 0 radical (unpaired) electrons. The van der Waals surface area contributed by atoms with Crippen molar-refractivity contribution in [2.75, 3.05) is 11.9 Å². The third-order valence-electron chi connectivity index (χ3n) is 2.95. The van der Waals surface area contributed by atoms with Crippen molar-refractivity contribution in [2.24, 2.45) is 0 Å². The number of rotatable bonds is 7. The van der Waals surface area contributed by atoms with Crippen LogP contribution in [0.25, 0.3) is 0 Å². The van der Waals surface area contributed by atoms with Crippen molar-refractivity contribution in [1.82, 2.24) is 10.0 Å². The van der Waals surface area contributed by atoms with Crippen molar-refractivity contribution in [2.45, 2.75) is 43.7 Å². The molecule has 116 valence electrons. The van der Waals surface area contributed by atoms with Gasteiger partial charge in [-0.25, -0.2) is 13.1 Å². The molecule has 2 rings (SSSR count). The smallest absolute Gasteiger partial charge is 0.240 e. The molecular formula is C14H21N3O3S. The van der Waals surface area contributed by atoms with Gasteiger partial charge in [-0.2, -0.15) is 0 Å². The first kappa shape index (κ1) is 15.8. The fourth-order valence-corrected chi connectivity index (χ4v) is 3.07. The van der Waals surface area contributed by atoms with Crippen LogP contribution in [-0.2, 0) is 14.8 Å². The minimum absolute atomic E-state index is 0.0457. The zero-order valence-electron chi connectivity index (χ0n) is 12.2. The Hall–Kier alpha value is -1.60. The van der Waals surface area contributed by atoms with E-state index in [1.54, 1.807) is 26.0 Å². The van der Waals surface area contributed by atoms with Gasteiger partial charge in [0.05, 0.1) is 11.4 Å². The summed E-state index contributed by atoms with van der Waals surface area (Å²) in [5.41, 5.74) is 0.712. The van der Waals surface area contributed by atoms with E-state index in [1.165, 1.54) is 12.1 Å². The maximum Gasteiger partial charge on any atom is 0.240 e. The Labute approximate surface area is 125 Å². The van der Waals surface area contributed by atoms with E-state index >= 15 is 0 Å². The lowest BCUT2D eigenvalue weighted by molar-refractivity contribution is -0.119. The van der Waals surface area contributed by atoms with Crippen molar-refractivity contribution >= 4 is 21.6 Å². The number of carbonyl (C=O) groups is 1. The Balaban J connectivity index is 1.90. The largest absolute Gasteiger partial charge is 0.376 e. The van der Waals surface area contributed by atoms with Crippen molar-refractivity contribution in [3.05, 3.63) is 24.3 Å². The highest BCUT2D eigenvalue weighted by Crippen LogP contribution is 2.18. The molecular weight excluding hydrogens is 290 g/mol. The summed E-state index contributed by atoms with van der Waals surface area (Å²) in [7, 11) is -3.47. The second kappa shape index (κ2) is 6.44. The number of anilines is 1. The van der Waals surface area contributed by atoms with Gasteiger partial charge in [-0.1, -0.05) is 0 Å². The van der Waals surface area contributed by atoms with Crippen LogP contribution in [-0.4, -0.2) is 33.0 Å². The molecule has 0 spiro atoms. The van der Waals surface area contributed by atoms with Crippen LogP contribution in [0.15, 0.2) is 29.2 Å². The highest BCUT2D eigenvalue weighted by atomic mass is 32.2. The molecule has 1 aromatic carbocycles. The number of sulfonamides is 1. The molecule has 6 nitrogen and oxygen atoms in total. The molecule has 1 saturated carbocycles. The summed E-state index contributed by atoms with van der Waals surface area (Å²) in [6, 6.07) is 6.53. The Morgan fingerprint density at radius 3 is 2.38 bits per heavy atom. The number of hydrogen-bond donors (Lipinski definition) is 3. The minimum atomic E-state index is -3.47. The summed E-state index contributed by atoms with van der Waals surface area (Å²) in [4.78, 5) is 11.7. The number of benzene rings is 1. The van der Waals surface area contributed by atoms with E-state index in [0.29, 0.717) is 11.7 Å². The molecule has 0 aromatic heterocycles. The van der Waals surface area contributed by atoms with E-state index in [2.05, 4.69) is 15.4 Å². The van der Waals surface area contributed by atoms with Crippen LogP contribution in [0.5, 0.6) is 0 Å². The molecule has 0 bridgehead atoms. The Bertz CT molecular complexity index is 592. The maximum absolute atomic E-state index is 12.0. The van der Waals surface area contributed by atoms with Crippen LogP contribution in [0.2, 0.25) is 0 Å².